The second-order valence-electron chi connectivity index (χ2n) is 5.22. The van der Waals surface area contributed by atoms with Crippen molar-refractivity contribution in [2.75, 3.05) is 18.0 Å². The van der Waals surface area contributed by atoms with E-state index in [4.69, 9.17) is 9.52 Å². The molecule has 9 heteroatoms. The summed E-state index contributed by atoms with van der Waals surface area (Å²) in [5.41, 5.74) is 0.371. The molecule has 0 unspecified atom stereocenters. The molecule has 1 aliphatic heterocycles. The third-order valence-electron chi connectivity index (χ3n) is 3.60. The van der Waals surface area contributed by atoms with Crippen LogP contribution in [-0.4, -0.2) is 40.1 Å². The van der Waals surface area contributed by atoms with Crippen LogP contribution in [0.2, 0.25) is 0 Å². The van der Waals surface area contributed by atoms with Crippen molar-refractivity contribution in [2.45, 2.75) is 18.8 Å². The van der Waals surface area contributed by atoms with Crippen molar-refractivity contribution in [3.8, 4) is 11.3 Å². The molecule has 2 aromatic heterocycles. The van der Waals surface area contributed by atoms with E-state index in [9.17, 15) is 18.0 Å². The summed E-state index contributed by atoms with van der Waals surface area (Å²) in [4.78, 5) is 19.8. The zero-order valence-electron chi connectivity index (χ0n) is 11.8. The van der Waals surface area contributed by atoms with Crippen LogP contribution in [0.15, 0.2) is 22.9 Å². The van der Waals surface area contributed by atoms with Gasteiger partial charge in [-0.15, -0.1) is 0 Å². The second kappa shape index (κ2) is 5.56. The van der Waals surface area contributed by atoms with E-state index >= 15 is 0 Å². The van der Waals surface area contributed by atoms with E-state index in [-0.39, 0.29) is 43.0 Å². The first-order valence-electron chi connectivity index (χ1n) is 6.83. The van der Waals surface area contributed by atoms with Gasteiger partial charge in [0.15, 0.2) is 11.6 Å². The summed E-state index contributed by atoms with van der Waals surface area (Å²) in [6.07, 6.45) is 1.69. The number of aromatic carboxylic acids is 1. The maximum absolute atomic E-state index is 14.2. The molecule has 0 bridgehead atoms. The molecule has 0 radical (unpaired) electrons. The number of aromatic nitrogens is 2. The molecule has 122 valence electrons. The van der Waals surface area contributed by atoms with Gasteiger partial charge in [0.05, 0.1) is 0 Å². The minimum atomic E-state index is -2.72. The Morgan fingerprint density at radius 1 is 1.35 bits per heavy atom. The van der Waals surface area contributed by atoms with Gasteiger partial charge in [-0.05, 0) is 6.07 Å². The van der Waals surface area contributed by atoms with E-state index in [1.807, 2.05) is 0 Å². The molecule has 0 saturated carbocycles. The number of carbonyl (C=O) groups is 1. The van der Waals surface area contributed by atoms with Crippen LogP contribution < -0.4 is 4.90 Å². The normalized spacial score (nSPS) is 17.3. The predicted molar refractivity (Wildman–Crippen MR) is 73.0 cm³/mol. The Balaban J connectivity index is 1.82. The number of nitrogens with zero attached hydrogens (tertiary/aromatic N) is 3. The van der Waals surface area contributed by atoms with Gasteiger partial charge in [0.2, 0.25) is 0 Å². The van der Waals surface area contributed by atoms with Crippen molar-refractivity contribution >= 4 is 11.8 Å². The summed E-state index contributed by atoms with van der Waals surface area (Å²) in [6, 6.07) is 1.12. The summed E-state index contributed by atoms with van der Waals surface area (Å²) in [6.45, 7) is 0.0345. The summed E-state index contributed by atoms with van der Waals surface area (Å²) in [5, 5.41) is 8.74. The van der Waals surface area contributed by atoms with Crippen LogP contribution in [0.5, 0.6) is 0 Å². The molecule has 0 aliphatic carbocycles. The number of carboxylic acids is 1. The van der Waals surface area contributed by atoms with Gasteiger partial charge in [0.1, 0.15) is 12.0 Å². The molecule has 1 N–H and O–H groups in total. The number of alkyl halides is 2. The highest BCUT2D eigenvalue weighted by Crippen LogP contribution is 2.31. The van der Waals surface area contributed by atoms with Crippen molar-refractivity contribution in [2.24, 2.45) is 0 Å². The molecule has 0 amide bonds. The fourth-order valence-corrected chi connectivity index (χ4v) is 2.35. The van der Waals surface area contributed by atoms with Crippen LogP contribution in [-0.2, 0) is 0 Å². The first kappa shape index (κ1) is 15.3. The van der Waals surface area contributed by atoms with Crippen molar-refractivity contribution in [3.63, 3.8) is 0 Å². The third kappa shape index (κ3) is 3.13. The molecule has 0 spiro atoms. The lowest BCUT2D eigenvalue weighted by molar-refractivity contribution is -0.0222. The Bertz CT molecular complexity index is 738. The van der Waals surface area contributed by atoms with Gasteiger partial charge in [0.25, 0.3) is 5.92 Å². The van der Waals surface area contributed by atoms with Gasteiger partial charge in [0, 0.05) is 37.7 Å². The smallest absolute Gasteiger partial charge is 0.392 e. The number of hydrogen-bond acceptors (Lipinski definition) is 5. The maximum Gasteiger partial charge on any atom is 0.392 e. The van der Waals surface area contributed by atoms with Gasteiger partial charge in [-0.3, -0.25) is 0 Å². The topological polar surface area (TPSA) is 79.5 Å². The molecule has 1 fully saturated rings. The van der Waals surface area contributed by atoms with Gasteiger partial charge >= 0.3 is 11.9 Å². The van der Waals surface area contributed by atoms with E-state index < -0.39 is 23.6 Å². The van der Waals surface area contributed by atoms with Crippen molar-refractivity contribution in [1.82, 2.24) is 9.97 Å². The summed E-state index contributed by atoms with van der Waals surface area (Å²) >= 11 is 0. The van der Waals surface area contributed by atoms with Crippen LogP contribution in [0.3, 0.4) is 0 Å². The average molecular weight is 327 g/mol. The van der Waals surface area contributed by atoms with Crippen LogP contribution in [0, 0.1) is 5.82 Å². The number of pyridine rings is 1. The summed E-state index contributed by atoms with van der Waals surface area (Å²) in [7, 11) is 0. The highest BCUT2D eigenvalue weighted by molar-refractivity contribution is 5.83. The molecular weight excluding hydrogens is 315 g/mol. The first-order valence-corrected chi connectivity index (χ1v) is 6.83. The molecular formula is C14H12F3N3O3. The fourth-order valence-electron chi connectivity index (χ4n) is 2.35. The Labute approximate surface area is 128 Å². The highest BCUT2D eigenvalue weighted by Gasteiger charge is 2.35. The molecule has 1 aliphatic rings. The average Bonchev–Trinajstić information content (AvgIpc) is 2.98. The fraction of sp³-hybridized carbons (Fsp3) is 0.357. The summed E-state index contributed by atoms with van der Waals surface area (Å²) in [5.74, 6) is -5.27. The van der Waals surface area contributed by atoms with Crippen LogP contribution in [0.25, 0.3) is 11.3 Å². The number of hydrogen-bond donors (Lipinski definition) is 1. The molecule has 6 nitrogen and oxygen atoms in total. The summed E-state index contributed by atoms with van der Waals surface area (Å²) < 4.78 is 45.2. The lowest BCUT2D eigenvalue weighted by Gasteiger charge is -2.32. The van der Waals surface area contributed by atoms with Crippen LogP contribution in [0.1, 0.15) is 23.5 Å². The van der Waals surface area contributed by atoms with Gasteiger partial charge < -0.3 is 14.4 Å². The third-order valence-corrected chi connectivity index (χ3v) is 3.60. The monoisotopic (exact) mass is 327 g/mol. The Morgan fingerprint density at radius 3 is 2.61 bits per heavy atom. The zero-order valence-corrected chi connectivity index (χ0v) is 11.8. The molecule has 3 heterocycles. The SMILES string of the molecule is O=C(O)c1nc(-c2cnc(N3CCC(F)(F)CC3)c(F)c2)co1. The largest absolute Gasteiger partial charge is 0.474 e. The molecule has 0 atom stereocenters. The van der Waals surface area contributed by atoms with Crippen molar-refractivity contribution < 1.29 is 27.5 Å². The quantitative estimate of drug-likeness (QED) is 0.934. The molecule has 1 saturated heterocycles. The maximum atomic E-state index is 14.2. The molecule has 2 aromatic rings. The van der Waals surface area contributed by atoms with E-state index in [1.54, 1.807) is 0 Å². The van der Waals surface area contributed by atoms with Crippen molar-refractivity contribution in [3.05, 3.63) is 30.2 Å². The Hall–Kier alpha value is -2.58. The van der Waals surface area contributed by atoms with E-state index in [0.29, 0.717) is 0 Å². The molecule has 23 heavy (non-hydrogen) atoms. The minimum Gasteiger partial charge on any atom is -0.474 e. The van der Waals surface area contributed by atoms with Crippen LogP contribution in [0.4, 0.5) is 19.0 Å². The van der Waals surface area contributed by atoms with E-state index in [1.165, 1.54) is 11.1 Å². The first-order chi connectivity index (χ1) is 10.9. The lowest BCUT2D eigenvalue weighted by Crippen LogP contribution is -2.40. The zero-order chi connectivity index (χ0) is 16.6. The number of rotatable bonds is 3. The standard InChI is InChI=1S/C14H12F3N3O3/c15-9-5-8(10-7-23-12(19-10)13(21)22)6-18-11(9)20-3-1-14(16,17)2-4-20/h5-7H,1-4H2,(H,21,22). The Kier molecular flexibility index (Phi) is 3.70. The lowest BCUT2D eigenvalue weighted by atomic mass is 10.1. The number of piperidine rings is 1. The van der Waals surface area contributed by atoms with E-state index in [2.05, 4.69) is 9.97 Å². The van der Waals surface area contributed by atoms with Gasteiger partial charge in [-0.1, -0.05) is 0 Å². The second-order valence-corrected chi connectivity index (χ2v) is 5.22. The number of carboxylic acid groups (broad SMARTS) is 1. The van der Waals surface area contributed by atoms with Crippen molar-refractivity contribution in [1.29, 1.82) is 0 Å². The molecule has 0 aromatic carbocycles. The number of oxazole rings is 1. The highest BCUT2D eigenvalue weighted by atomic mass is 19.3. The Morgan fingerprint density at radius 2 is 2.04 bits per heavy atom. The van der Waals surface area contributed by atoms with Gasteiger partial charge in [-0.2, -0.15) is 0 Å². The van der Waals surface area contributed by atoms with Gasteiger partial charge in [-0.25, -0.2) is 27.9 Å². The molecule has 3 rings (SSSR count). The number of halogens is 3. The number of anilines is 1. The van der Waals surface area contributed by atoms with E-state index in [0.717, 1.165) is 12.3 Å². The minimum absolute atomic E-state index is 0.00815. The van der Waals surface area contributed by atoms with Crippen LogP contribution >= 0.6 is 0 Å². The predicted octanol–water partition coefficient (Wildman–Crippen LogP) is 2.81.